The molecule has 0 aliphatic carbocycles. The molecular formula is C23H35N5O4. The van der Waals surface area contributed by atoms with Crippen LogP contribution in [0.5, 0.6) is 0 Å². The number of para-hydroxylation sites is 1. The van der Waals surface area contributed by atoms with Gasteiger partial charge in [0.15, 0.2) is 0 Å². The molecule has 4 atom stereocenters. The first-order chi connectivity index (χ1) is 15.3. The number of benzene rings is 1. The topological polar surface area (TPSA) is 163 Å². The van der Waals surface area contributed by atoms with E-state index in [1.165, 1.54) is 0 Å². The van der Waals surface area contributed by atoms with E-state index in [2.05, 4.69) is 15.6 Å². The number of amides is 2. The normalized spacial score (nSPS) is 15.0. The van der Waals surface area contributed by atoms with Crippen LogP contribution in [0.4, 0.5) is 0 Å². The summed E-state index contributed by atoms with van der Waals surface area (Å²) in [5, 5.41) is 15.8. The first-order valence-corrected chi connectivity index (χ1v) is 11.1. The van der Waals surface area contributed by atoms with Crippen LogP contribution >= 0.6 is 0 Å². The van der Waals surface area contributed by atoms with E-state index < -0.39 is 35.9 Å². The second-order valence-corrected chi connectivity index (χ2v) is 8.22. The zero-order valence-electron chi connectivity index (χ0n) is 18.8. The van der Waals surface area contributed by atoms with Crippen LogP contribution in [0.15, 0.2) is 30.5 Å². The smallest absolute Gasteiger partial charge is 0.326 e. The van der Waals surface area contributed by atoms with Gasteiger partial charge in [-0.25, -0.2) is 4.79 Å². The quantitative estimate of drug-likeness (QED) is 0.254. The number of carboxylic acids is 1. The molecule has 0 unspecified atom stereocenters. The van der Waals surface area contributed by atoms with Gasteiger partial charge in [-0.2, -0.15) is 0 Å². The second kappa shape index (κ2) is 12.2. The summed E-state index contributed by atoms with van der Waals surface area (Å²) in [4.78, 5) is 40.6. The van der Waals surface area contributed by atoms with E-state index in [9.17, 15) is 19.5 Å². The highest BCUT2D eigenvalue weighted by atomic mass is 16.4. The third-order valence-corrected chi connectivity index (χ3v) is 5.85. The van der Waals surface area contributed by atoms with Crippen molar-refractivity contribution in [3.8, 4) is 0 Å². The van der Waals surface area contributed by atoms with Crippen LogP contribution in [0.25, 0.3) is 10.9 Å². The average Bonchev–Trinajstić information content (AvgIpc) is 3.19. The van der Waals surface area contributed by atoms with Crippen molar-refractivity contribution < 1.29 is 19.5 Å². The molecule has 2 amide bonds. The molecule has 176 valence electrons. The van der Waals surface area contributed by atoms with E-state index in [0.29, 0.717) is 19.4 Å². The van der Waals surface area contributed by atoms with Gasteiger partial charge in [-0.3, -0.25) is 9.59 Å². The van der Waals surface area contributed by atoms with Gasteiger partial charge in [0.05, 0.1) is 6.04 Å². The fraction of sp³-hybridized carbons (Fsp3) is 0.522. The van der Waals surface area contributed by atoms with Gasteiger partial charge >= 0.3 is 5.97 Å². The number of fused-ring (bicyclic) bond motifs is 1. The summed E-state index contributed by atoms with van der Waals surface area (Å²) in [5.41, 5.74) is 13.3. The highest BCUT2D eigenvalue weighted by Gasteiger charge is 2.29. The van der Waals surface area contributed by atoms with Gasteiger partial charge in [-0.05, 0) is 43.4 Å². The number of unbranched alkanes of at least 4 members (excludes halogenated alkanes) is 1. The fourth-order valence-corrected chi connectivity index (χ4v) is 3.53. The van der Waals surface area contributed by atoms with Gasteiger partial charge in [-0.1, -0.05) is 38.5 Å². The van der Waals surface area contributed by atoms with Crippen molar-refractivity contribution in [1.82, 2.24) is 15.6 Å². The monoisotopic (exact) mass is 445 g/mol. The third kappa shape index (κ3) is 6.80. The van der Waals surface area contributed by atoms with E-state index >= 15 is 0 Å². The third-order valence-electron chi connectivity index (χ3n) is 5.85. The van der Waals surface area contributed by atoms with Crippen molar-refractivity contribution in [1.29, 1.82) is 0 Å². The summed E-state index contributed by atoms with van der Waals surface area (Å²) in [7, 11) is 0. The van der Waals surface area contributed by atoms with E-state index in [-0.39, 0.29) is 18.8 Å². The minimum atomic E-state index is -1.12. The first-order valence-electron chi connectivity index (χ1n) is 11.1. The Morgan fingerprint density at radius 2 is 1.78 bits per heavy atom. The van der Waals surface area contributed by atoms with E-state index in [4.69, 9.17) is 11.5 Å². The average molecular weight is 446 g/mol. The number of carboxylic acid groups (broad SMARTS) is 1. The Kier molecular flexibility index (Phi) is 9.67. The summed E-state index contributed by atoms with van der Waals surface area (Å²) in [6.07, 6.45) is 4.21. The SMILES string of the molecule is CC[C@H](C)[C@H](N)C(=O)N[C@@H](Cc1c[nH]c2ccccc12)C(=O)N[C@@H](CCCCN)C(=O)O. The fourth-order valence-electron chi connectivity index (χ4n) is 3.53. The number of aromatic amines is 1. The lowest BCUT2D eigenvalue weighted by Crippen LogP contribution is -2.56. The summed E-state index contributed by atoms with van der Waals surface area (Å²) in [5.74, 6) is -2.17. The first kappa shape index (κ1) is 25.4. The molecule has 1 aromatic heterocycles. The Hall–Kier alpha value is -2.91. The van der Waals surface area contributed by atoms with Gasteiger partial charge in [0.25, 0.3) is 0 Å². The van der Waals surface area contributed by atoms with Crippen LogP contribution in [-0.4, -0.2) is 52.5 Å². The minimum Gasteiger partial charge on any atom is -0.480 e. The van der Waals surface area contributed by atoms with Gasteiger partial charge in [0.1, 0.15) is 12.1 Å². The molecule has 0 bridgehead atoms. The molecule has 0 saturated carbocycles. The largest absolute Gasteiger partial charge is 0.480 e. The zero-order valence-corrected chi connectivity index (χ0v) is 18.8. The molecule has 9 nitrogen and oxygen atoms in total. The Labute approximate surface area is 188 Å². The van der Waals surface area contributed by atoms with Gasteiger partial charge in [-0.15, -0.1) is 0 Å². The van der Waals surface area contributed by atoms with Crippen molar-refractivity contribution in [2.45, 2.75) is 64.1 Å². The summed E-state index contributed by atoms with van der Waals surface area (Å²) < 4.78 is 0. The van der Waals surface area contributed by atoms with Crippen LogP contribution in [-0.2, 0) is 20.8 Å². The van der Waals surface area contributed by atoms with Crippen LogP contribution in [0.3, 0.4) is 0 Å². The number of H-pyrrole nitrogens is 1. The van der Waals surface area contributed by atoms with Gasteiger partial charge in [0, 0.05) is 23.5 Å². The van der Waals surface area contributed by atoms with Crippen molar-refractivity contribution in [2.75, 3.05) is 6.54 Å². The molecule has 8 N–H and O–H groups in total. The molecule has 9 heteroatoms. The lowest BCUT2D eigenvalue weighted by atomic mass is 9.98. The van der Waals surface area contributed by atoms with Crippen molar-refractivity contribution in [3.05, 3.63) is 36.0 Å². The molecule has 0 fully saturated rings. The Bertz CT molecular complexity index is 913. The maximum Gasteiger partial charge on any atom is 0.326 e. The second-order valence-electron chi connectivity index (χ2n) is 8.22. The molecule has 2 rings (SSSR count). The number of hydrogen-bond acceptors (Lipinski definition) is 5. The number of aromatic nitrogens is 1. The molecule has 0 aliphatic heterocycles. The van der Waals surface area contributed by atoms with Gasteiger partial charge < -0.3 is 32.2 Å². The Morgan fingerprint density at radius 1 is 1.09 bits per heavy atom. The minimum absolute atomic E-state index is 0.0603. The molecule has 0 radical (unpaired) electrons. The molecule has 0 spiro atoms. The maximum absolute atomic E-state index is 13.1. The highest BCUT2D eigenvalue weighted by Crippen LogP contribution is 2.19. The summed E-state index contributed by atoms with van der Waals surface area (Å²) in [6, 6.07) is 4.85. The lowest BCUT2D eigenvalue weighted by molar-refractivity contribution is -0.142. The van der Waals surface area contributed by atoms with Crippen LogP contribution < -0.4 is 22.1 Å². The van der Waals surface area contributed by atoms with Crippen molar-refractivity contribution in [3.63, 3.8) is 0 Å². The highest BCUT2D eigenvalue weighted by molar-refractivity contribution is 5.93. The zero-order chi connectivity index (χ0) is 23.7. The van der Waals surface area contributed by atoms with Crippen molar-refractivity contribution >= 4 is 28.7 Å². The number of aliphatic carboxylic acids is 1. The lowest BCUT2D eigenvalue weighted by Gasteiger charge is -2.24. The number of nitrogens with two attached hydrogens (primary N) is 2. The Morgan fingerprint density at radius 3 is 2.44 bits per heavy atom. The molecule has 0 saturated heterocycles. The van der Waals surface area contributed by atoms with Crippen molar-refractivity contribution in [2.24, 2.45) is 17.4 Å². The molecule has 1 heterocycles. The van der Waals surface area contributed by atoms with Crippen LogP contribution in [0.1, 0.15) is 45.1 Å². The van der Waals surface area contributed by atoms with E-state index in [0.717, 1.165) is 22.9 Å². The molecule has 2 aromatic rings. The number of rotatable bonds is 13. The molecule has 1 aromatic carbocycles. The number of nitrogens with one attached hydrogen (secondary N) is 3. The predicted octanol–water partition coefficient (Wildman–Crippen LogP) is 1.27. The predicted molar refractivity (Wildman–Crippen MR) is 124 cm³/mol. The number of hydrogen-bond donors (Lipinski definition) is 6. The molecule has 32 heavy (non-hydrogen) atoms. The molecule has 0 aliphatic rings. The van der Waals surface area contributed by atoms with Crippen LogP contribution in [0, 0.1) is 5.92 Å². The van der Waals surface area contributed by atoms with E-state index in [1.54, 1.807) is 6.20 Å². The Balaban J connectivity index is 2.22. The molecular weight excluding hydrogens is 410 g/mol. The standard InChI is InChI=1S/C23H35N5O4/c1-3-14(2)20(25)22(30)28-19(12-15-13-26-17-9-5-4-8-16(15)17)21(29)27-18(23(31)32)10-6-7-11-24/h4-5,8-9,13-14,18-20,26H,3,6-7,10-12,24-25H2,1-2H3,(H,27,29)(H,28,30)(H,31,32)/t14-,18-,19-,20-/m0/s1. The number of carbonyl (C=O) groups excluding carboxylic acids is 2. The summed E-state index contributed by atoms with van der Waals surface area (Å²) >= 11 is 0. The van der Waals surface area contributed by atoms with Gasteiger partial charge in [0.2, 0.25) is 11.8 Å². The summed E-state index contributed by atoms with van der Waals surface area (Å²) in [6.45, 7) is 4.26. The van der Waals surface area contributed by atoms with Crippen LogP contribution in [0.2, 0.25) is 0 Å². The maximum atomic E-state index is 13.1. The number of carbonyl (C=O) groups is 3. The van der Waals surface area contributed by atoms with E-state index in [1.807, 2.05) is 38.1 Å².